The van der Waals surface area contributed by atoms with E-state index in [0.717, 1.165) is 25.7 Å². The van der Waals surface area contributed by atoms with Crippen molar-refractivity contribution in [3.8, 4) is 0 Å². The number of hydrogen-bond donors (Lipinski definition) is 3. The molecule has 10 atom stereocenters. The molecule has 1 aliphatic heterocycles. The van der Waals surface area contributed by atoms with Crippen molar-refractivity contribution in [1.29, 1.82) is 0 Å². The van der Waals surface area contributed by atoms with Gasteiger partial charge in [0.25, 0.3) is 0 Å². The summed E-state index contributed by atoms with van der Waals surface area (Å²) in [6.45, 7) is 22.4. The number of carboxylic acid groups (broad SMARTS) is 1. The van der Waals surface area contributed by atoms with E-state index in [9.17, 15) is 24.2 Å². The first-order valence-electron chi connectivity index (χ1n) is 20.9. The lowest BCUT2D eigenvalue weighted by Gasteiger charge is -2.72. The van der Waals surface area contributed by atoms with E-state index in [0.29, 0.717) is 74.9 Å². The Labute approximate surface area is 313 Å². The monoisotopic (exact) mass is 721 g/mol. The third-order valence-corrected chi connectivity index (χ3v) is 18.1. The first-order valence-corrected chi connectivity index (χ1v) is 20.9. The summed E-state index contributed by atoms with van der Waals surface area (Å²) in [7, 11) is 0. The first kappa shape index (κ1) is 38.3. The second-order valence-corrected chi connectivity index (χ2v) is 20.8. The number of hydrogen-bond acceptors (Lipinski definition) is 4. The summed E-state index contributed by atoms with van der Waals surface area (Å²) in [4.78, 5) is 27.5. The Morgan fingerprint density at radius 3 is 2.21 bits per heavy atom. The van der Waals surface area contributed by atoms with Gasteiger partial charge in [-0.2, -0.15) is 0 Å². The van der Waals surface area contributed by atoms with Crippen molar-refractivity contribution in [3.05, 3.63) is 35.5 Å². The second kappa shape index (κ2) is 12.8. The molecular weight excluding hydrogens is 652 g/mol. The predicted octanol–water partition coefficient (Wildman–Crippen LogP) is 9.05. The number of carbonyl (C=O) groups is 2. The molecule has 1 amide bonds. The second-order valence-electron chi connectivity index (χ2n) is 20.8. The molecule has 7 rings (SSSR count). The van der Waals surface area contributed by atoms with Gasteiger partial charge in [0.05, 0.1) is 17.6 Å². The number of aliphatic hydroxyl groups is 1. The molecule has 52 heavy (non-hydrogen) atoms. The first-order chi connectivity index (χ1) is 24.3. The Morgan fingerprint density at radius 2 is 1.60 bits per heavy atom. The molecule has 0 aromatic rings. The number of alkyl halides is 1. The Hall–Kier alpha value is -1.99. The Morgan fingerprint density at radius 1 is 0.885 bits per heavy atom. The van der Waals surface area contributed by atoms with Crippen molar-refractivity contribution in [2.24, 2.45) is 56.7 Å². The van der Waals surface area contributed by atoms with E-state index in [2.05, 4.69) is 65.6 Å². The Kier molecular flexibility index (Phi) is 9.41. The number of nitrogens with zero attached hydrogens (tertiary/aromatic N) is 1. The van der Waals surface area contributed by atoms with Gasteiger partial charge in [-0.05, 0) is 166 Å². The number of halogens is 1. The SMILES string of the molecule is C=C(C)[C@@H]1CCC2(NCC(=O)N3CCC(C)(O)CC3)CC[C@]3(C)C(CC[C@@H]4[C@@]5(C)CC=C(C6=CC[C@](CF)(C(=O)O)CC6)C(C)(C)[C@@H]5CC[C@]43C)[C@@H]12. The van der Waals surface area contributed by atoms with Gasteiger partial charge in [0, 0.05) is 18.6 Å². The van der Waals surface area contributed by atoms with Gasteiger partial charge in [0.15, 0.2) is 0 Å². The fourth-order valence-corrected chi connectivity index (χ4v) is 14.7. The summed E-state index contributed by atoms with van der Waals surface area (Å²) in [6.07, 6.45) is 17.7. The lowest BCUT2D eigenvalue weighted by atomic mass is 9.33. The number of fused-ring (bicyclic) bond motifs is 7. The number of piperidine rings is 1. The maximum absolute atomic E-state index is 14.0. The molecule has 0 bridgehead atoms. The molecule has 1 heterocycles. The molecule has 0 spiro atoms. The van der Waals surface area contributed by atoms with Crippen molar-refractivity contribution in [1.82, 2.24) is 10.2 Å². The van der Waals surface area contributed by atoms with Gasteiger partial charge in [-0.3, -0.25) is 9.59 Å². The minimum atomic E-state index is -1.26. The molecular formula is C45H69FN2O4. The van der Waals surface area contributed by atoms with Gasteiger partial charge in [0.1, 0.15) is 6.67 Å². The molecule has 6 aliphatic carbocycles. The fraction of sp³-hybridized carbons (Fsp3) is 0.822. The molecule has 7 aliphatic rings. The fourth-order valence-electron chi connectivity index (χ4n) is 14.7. The summed E-state index contributed by atoms with van der Waals surface area (Å²) < 4.78 is 14.0. The quantitative estimate of drug-likeness (QED) is 0.229. The standard InChI is InChI=1S/C45H69FN2O4/c1-29(2)31-13-20-45(47-27-36(49)48-25-23-40(5,52)24-26-48)22-21-42(7)33(37(31)45)9-10-35-41(6)16-14-32(39(3,4)34(41)15-17-43(35,42)8)30-11-18-44(28-46,19-12-30)38(50)51/h11,14,31,33-35,37,47,52H,1,9-10,12-13,15-28H2,2-8H3,(H,50,51)/t31-,33?,34-,35+,37+,41-,42+,43+,44-,45?/m0/s1. The molecule has 2 unspecified atom stereocenters. The number of nitrogens with one attached hydrogen (secondary N) is 1. The van der Waals surface area contributed by atoms with Gasteiger partial charge in [0.2, 0.25) is 5.91 Å². The highest BCUT2D eigenvalue weighted by Crippen LogP contribution is 2.76. The van der Waals surface area contributed by atoms with Crippen LogP contribution in [-0.4, -0.2) is 64.4 Å². The minimum absolute atomic E-state index is 0.0321. The average Bonchev–Trinajstić information content (AvgIpc) is 3.48. The van der Waals surface area contributed by atoms with Crippen LogP contribution in [0.15, 0.2) is 35.5 Å². The molecule has 4 saturated carbocycles. The van der Waals surface area contributed by atoms with Crippen LogP contribution in [0, 0.1) is 56.7 Å². The zero-order chi connectivity index (χ0) is 37.7. The minimum Gasteiger partial charge on any atom is -0.481 e. The molecule has 5 fully saturated rings. The van der Waals surface area contributed by atoms with E-state index in [1.807, 2.05) is 11.8 Å². The highest BCUT2D eigenvalue weighted by atomic mass is 19.1. The number of allylic oxidation sites excluding steroid dienone is 5. The van der Waals surface area contributed by atoms with Crippen LogP contribution in [0.5, 0.6) is 0 Å². The number of carbonyl (C=O) groups excluding carboxylic acids is 1. The molecule has 1 saturated heterocycles. The molecule has 0 radical (unpaired) electrons. The lowest BCUT2D eigenvalue weighted by Crippen LogP contribution is -2.68. The smallest absolute Gasteiger partial charge is 0.312 e. The summed E-state index contributed by atoms with van der Waals surface area (Å²) in [5.74, 6) is 1.87. The topological polar surface area (TPSA) is 89.9 Å². The summed E-state index contributed by atoms with van der Waals surface area (Å²) >= 11 is 0. The number of rotatable bonds is 7. The van der Waals surface area contributed by atoms with E-state index >= 15 is 0 Å². The maximum atomic E-state index is 14.0. The molecule has 6 nitrogen and oxygen atoms in total. The van der Waals surface area contributed by atoms with Crippen LogP contribution in [0.3, 0.4) is 0 Å². The van der Waals surface area contributed by atoms with E-state index in [1.54, 1.807) is 0 Å². The lowest BCUT2D eigenvalue weighted by molar-refractivity contribution is -0.221. The van der Waals surface area contributed by atoms with Gasteiger partial charge >= 0.3 is 5.97 Å². The summed E-state index contributed by atoms with van der Waals surface area (Å²) in [6, 6.07) is 0. The molecule has 0 aromatic carbocycles. The van der Waals surface area contributed by atoms with Crippen molar-refractivity contribution in [3.63, 3.8) is 0 Å². The van der Waals surface area contributed by atoms with Crippen LogP contribution in [0.25, 0.3) is 0 Å². The maximum Gasteiger partial charge on any atom is 0.312 e. The van der Waals surface area contributed by atoms with Gasteiger partial charge in [-0.15, -0.1) is 0 Å². The van der Waals surface area contributed by atoms with Crippen LogP contribution in [0.1, 0.15) is 138 Å². The van der Waals surface area contributed by atoms with E-state index in [-0.39, 0.29) is 39.5 Å². The van der Waals surface area contributed by atoms with Crippen molar-refractivity contribution >= 4 is 11.9 Å². The van der Waals surface area contributed by atoms with Crippen molar-refractivity contribution < 1.29 is 24.2 Å². The number of carboxylic acids is 1. The highest BCUT2D eigenvalue weighted by molar-refractivity contribution is 5.78. The molecule has 7 heteroatoms. The van der Waals surface area contributed by atoms with Crippen LogP contribution < -0.4 is 5.32 Å². The predicted molar refractivity (Wildman–Crippen MR) is 205 cm³/mol. The highest BCUT2D eigenvalue weighted by Gasteiger charge is 2.70. The van der Waals surface area contributed by atoms with Gasteiger partial charge in [-0.1, -0.05) is 58.9 Å². The number of likely N-dealkylation sites (tertiary alicyclic amines) is 1. The van der Waals surface area contributed by atoms with Crippen LogP contribution in [-0.2, 0) is 9.59 Å². The average molecular weight is 721 g/mol. The van der Waals surface area contributed by atoms with Crippen molar-refractivity contribution in [2.45, 2.75) is 149 Å². The third kappa shape index (κ3) is 5.57. The Balaban J connectivity index is 1.14. The summed E-state index contributed by atoms with van der Waals surface area (Å²) in [5.41, 5.74) is 2.55. The normalized spacial score (nSPS) is 45.0. The van der Waals surface area contributed by atoms with Crippen LogP contribution in [0.4, 0.5) is 4.39 Å². The zero-order valence-corrected chi connectivity index (χ0v) is 33.5. The molecule has 0 aromatic heterocycles. The van der Waals surface area contributed by atoms with Crippen LogP contribution in [0.2, 0.25) is 0 Å². The number of aliphatic carboxylic acids is 1. The number of amides is 1. The van der Waals surface area contributed by atoms with E-state index < -0.39 is 23.7 Å². The molecule has 3 N–H and O–H groups in total. The van der Waals surface area contributed by atoms with E-state index in [4.69, 9.17) is 0 Å². The van der Waals surface area contributed by atoms with Gasteiger partial charge in [-0.25, -0.2) is 4.39 Å². The zero-order valence-electron chi connectivity index (χ0n) is 33.5. The van der Waals surface area contributed by atoms with E-state index in [1.165, 1.54) is 48.8 Å². The Bertz CT molecular complexity index is 1540. The summed E-state index contributed by atoms with van der Waals surface area (Å²) in [5, 5.41) is 24.3. The van der Waals surface area contributed by atoms with Crippen molar-refractivity contribution in [2.75, 3.05) is 26.3 Å². The molecule has 290 valence electrons. The van der Waals surface area contributed by atoms with Gasteiger partial charge < -0.3 is 20.4 Å². The largest absolute Gasteiger partial charge is 0.481 e. The van der Waals surface area contributed by atoms with Crippen LogP contribution >= 0.6 is 0 Å². The third-order valence-electron chi connectivity index (χ3n) is 18.1.